The van der Waals surface area contributed by atoms with E-state index in [1.54, 1.807) is 12.3 Å². The van der Waals surface area contributed by atoms with Gasteiger partial charge < -0.3 is 10.8 Å². The van der Waals surface area contributed by atoms with E-state index >= 15 is 0 Å². The van der Waals surface area contributed by atoms with Crippen LogP contribution in [0.3, 0.4) is 0 Å². The third-order valence-electron chi connectivity index (χ3n) is 1.94. The van der Waals surface area contributed by atoms with Gasteiger partial charge >= 0.3 is 5.97 Å². The zero-order chi connectivity index (χ0) is 10.3. The standard InChI is InChI=1S/C8H6IN3O2/c9-4-1-3-2-11-12-7(3)5(6(4)10)8(13)14/h1-2H,10H2,(H,11,12)(H,13,14). The number of fused-ring (bicyclic) bond motifs is 1. The smallest absolute Gasteiger partial charge is 0.340 e. The van der Waals surface area contributed by atoms with Gasteiger partial charge in [-0.25, -0.2) is 4.79 Å². The van der Waals surface area contributed by atoms with E-state index in [1.165, 1.54) is 0 Å². The largest absolute Gasteiger partial charge is 0.478 e. The van der Waals surface area contributed by atoms with Crippen LogP contribution in [-0.4, -0.2) is 21.3 Å². The Morgan fingerprint density at radius 1 is 1.64 bits per heavy atom. The quantitative estimate of drug-likeness (QED) is 0.549. The molecule has 5 nitrogen and oxygen atoms in total. The normalized spacial score (nSPS) is 10.6. The average Bonchev–Trinajstić information content (AvgIpc) is 2.52. The monoisotopic (exact) mass is 303 g/mol. The fraction of sp³-hybridized carbons (Fsp3) is 0. The Hall–Kier alpha value is -1.31. The highest BCUT2D eigenvalue weighted by atomic mass is 127. The van der Waals surface area contributed by atoms with Crippen LogP contribution in [0.2, 0.25) is 0 Å². The molecule has 0 saturated carbocycles. The van der Waals surface area contributed by atoms with Gasteiger partial charge in [0.15, 0.2) is 0 Å². The Morgan fingerprint density at radius 2 is 2.36 bits per heavy atom. The molecule has 0 aliphatic heterocycles. The average molecular weight is 303 g/mol. The van der Waals surface area contributed by atoms with Gasteiger partial charge in [-0.1, -0.05) is 0 Å². The molecular weight excluding hydrogens is 297 g/mol. The molecule has 1 aromatic heterocycles. The molecule has 0 bridgehead atoms. The molecule has 0 fully saturated rings. The highest BCUT2D eigenvalue weighted by Crippen LogP contribution is 2.27. The summed E-state index contributed by atoms with van der Waals surface area (Å²) in [6, 6.07) is 1.79. The minimum atomic E-state index is -1.05. The number of anilines is 1. The van der Waals surface area contributed by atoms with Crippen molar-refractivity contribution in [2.75, 3.05) is 5.73 Å². The first-order valence-electron chi connectivity index (χ1n) is 3.75. The molecule has 1 aromatic carbocycles. The SMILES string of the molecule is Nc1c(I)cc2cn[nH]c2c1C(=O)O. The van der Waals surface area contributed by atoms with Gasteiger partial charge in [0.2, 0.25) is 0 Å². The number of hydrogen-bond donors (Lipinski definition) is 3. The van der Waals surface area contributed by atoms with Crippen molar-refractivity contribution in [3.8, 4) is 0 Å². The molecule has 4 N–H and O–H groups in total. The van der Waals surface area contributed by atoms with Crippen LogP contribution in [-0.2, 0) is 0 Å². The number of nitrogen functional groups attached to an aromatic ring is 1. The molecule has 6 heteroatoms. The molecule has 0 atom stereocenters. The first-order valence-corrected chi connectivity index (χ1v) is 4.83. The Bertz CT molecular complexity index is 521. The van der Waals surface area contributed by atoms with E-state index in [-0.39, 0.29) is 11.3 Å². The molecule has 0 unspecified atom stereocenters. The second-order valence-electron chi connectivity index (χ2n) is 2.79. The Kier molecular flexibility index (Phi) is 2.06. The maximum Gasteiger partial charge on any atom is 0.340 e. The van der Waals surface area contributed by atoms with Gasteiger partial charge in [-0.2, -0.15) is 5.10 Å². The molecule has 0 radical (unpaired) electrons. The van der Waals surface area contributed by atoms with Gasteiger partial charge in [0, 0.05) is 8.96 Å². The number of nitrogens with zero attached hydrogens (tertiary/aromatic N) is 1. The van der Waals surface area contributed by atoms with E-state index < -0.39 is 5.97 Å². The second kappa shape index (κ2) is 3.12. The number of aromatic carboxylic acids is 1. The second-order valence-corrected chi connectivity index (χ2v) is 3.95. The van der Waals surface area contributed by atoms with Crippen LogP contribution in [0.15, 0.2) is 12.3 Å². The van der Waals surface area contributed by atoms with E-state index in [2.05, 4.69) is 10.2 Å². The number of aromatic amines is 1. The number of aromatic nitrogens is 2. The Morgan fingerprint density at radius 3 is 3.00 bits per heavy atom. The summed E-state index contributed by atoms with van der Waals surface area (Å²) in [5, 5.41) is 16.1. The number of nitrogens with two attached hydrogens (primary N) is 1. The predicted molar refractivity (Wildman–Crippen MR) is 60.2 cm³/mol. The first kappa shape index (κ1) is 9.25. The van der Waals surface area contributed by atoms with Gasteiger partial charge in [-0.05, 0) is 28.7 Å². The Balaban J connectivity index is 2.93. The van der Waals surface area contributed by atoms with Crippen LogP contribution in [0.25, 0.3) is 10.9 Å². The van der Waals surface area contributed by atoms with E-state index in [0.29, 0.717) is 9.09 Å². The number of H-pyrrole nitrogens is 1. The maximum absolute atomic E-state index is 11.0. The third kappa shape index (κ3) is 1.22. The molecule has 2 aromatic rings. The van der Waals surface area contributed by atoms with Crippen LogP contribution < -0.4 is 5.73 Å². The van der Waals surface area contributed by atoms with Crippen molar-refractivity contribution >= 4 is 45.2 Å². The van der Waals surface area contributed by atoms with E-state index in [0.717, 1.165) is 5.39 Å². The van der Waals surface area contributed by atoms with E-state index in [1.807, 2.05) is 22.6 Å². The van der Waals surface area contributed by atoms with Gasteiger partial charge in [0.25, 0.3) is 0 Å². The van der Waals surface area contributed by atoms with Crippen LogP contribution in [0, 0.1) is 3.57 Å². The molecule has 0 saturated heterocycles. The molecule has 2 rings (SSSR count). The topological polar surface area (TPSA) is 92.0 Å². The van der Waals surface area contributed by atoms with Gasteiger partial charge in [0.05, 0.1) is 17.4 Å². The summed E-state index contributed by atoms with van der Waals surface area (Å²) in [6.45, 7) is 0. The number of carboxylic acids is 1. The molecule has 0 aliphatic rings. The maximum atomic E-state index is 11.0. The summed E-state index contributed by atoms with van der Waals surface area (Å²) in [7, 11) is 0. The number of hydrogen-bond acceptors (Lipinski definition) is 3. The highest BCUT2D eigenvalue weighted by Gasteiger charge is 2.16. The van der Waals surface area contributed by atoms with Crippen LogP contribution in [0.5, 0.6) is 0 Å². The molecule has 72 valence electrons. The van der Waals surface area contributed by atoms with E-state index in [4.69, 9.17) is 10.8 Å². The minimum absolute atomic E-state index is 0.0874. The lowest BCUT2D eigenvalue weighted by molar-refractivity contribution is 0.0700. The fourth-order valence-electron chi connectivity index (χ4n) is 1.30. The number of nitrogens with one attached hydrogen (secondary N) is 1. The molecule has 1 heterocycles. The summed E-state index contributed by atoms with van der Waals surface area (Å²) in [5.74, 6) is -1.05. The summed E-state index contributed by atoms with van der Waals surface area (Å²) < 4.78 is 0.717. The summed E-state index contributed by atoms with van der Waals surface area (Å²) in [6.07, 6.45) is 1.57. The zero-order valence-electron chi connectivity index (χ0n) is 6.91. The van der Waals surface area contributed by atoms with Crippen molar-refractivity contribution in [2.45, 2.75) is 0 Å². The number of carbonyl (C=O) groups is 1. The summed E-state index contributed by atoms with van der Waals surface area (Å²) in [5.41, 5.74) is 6.50. The predicted octanol–water partition coefficient (Wildman–Crippen LogP) is 1.45. The van der Waals surface area contributed by atoms with Crippen LogP contribution in [0.1, 0.15) is 10.4 Å². The van der Waals surface area contributed by atoms with Gasteiger partial charge in [-0.15, -0.1) is 0 Å². The zero-order valence-corrected chi connectivity index (χ0v) is 9.07. The van der Waals surface area contributed by atoms with E-state index in [9.17, 15) is 4.79 Å². The van der Waals surface area contributed by atoms with Crippen molar-refractivity contribution < 1.29 is 9.90 Å². The molecule has 14 heavy (non-hydrogen) atoms. The van der Waals surface area contributed by atoms with Crippen LogP contribution in [0.4, 0.5) is 5.69 Å². The molecule has 0 spiro atoms. The highest BCUT2D eigenvalue weighted by molar-refractivity contribution is 14.1. The lowest BCUT2D eigenvalue weighted by Crippen LogP contribution is -2.05. The number of carboxylic acid groups (broad SMARTS) is 1. The fourth-order valence-corrected chi connectivity index (χ4v) is 1.90. The molecular formula is C8H6IN3O2. The van der Waals surface area contributed by atoms with Crippen molar-refractivity contribution in [2.24, 2.45) is 0 Å². The molecule has 0 aliphatic carbocycles. The van der Waals surface area contributed by atoms with Crippen molar-refractivity contribution in [1.29, 1.82) is 0 Å². The minimum Gasteiger partial charge on any atom is -0.478 e. The summed E-state index contributed by atoms with van der Waals surface area (Å²) >= 11 is 2.00. The lowest BCUT2D eigenvalue weighted by Gasteiger charge is -2.04. The number of benzene rings is 1. The Labute approximate surface area is 92.4 Å². The van der Waals surface area contributed by atoms with Crippen molar-refractivity contribution in [1.82, 2.24) is 10.2 Å². The first-order chi connectivity index (χ1) is 6.61. The molecule has 0 amide bonds. The van der Waals surface area contributed by atoms with Crippen LogP contribution >= 0.6 is 22.6 Å². The number of halogens is 1. The van der Waals surface area contributed by atoms with Crippen molar-refractivity contribution in [3.63, 3.8) is 0 Å². The van der Waals surface area contributed by atoms with Gasteiger partial charge in [0.1, 0.15) is 5.56 Å². The summed E-state index contributed by atoms with van der Waals surface area (Å²) in [4.78, 5) is 11.0. The number of rotatable bonds is 1. The van der Waals surface area contributed by atoms with Gasteiger partial charge in [-0.3, -0.25) is 5.10 Å². The van der Waals surface area contributed by atoms with Crippen molar-refractivity contribution in [3.05, 3.63) is 21.4 Å². The lowest BCUT2D eigenvalue weighted by atomic mass is 10.1. The third-order valence-corrected chi connectivity index (χ3v) is 2.83.